The lowest BCUT2D eigenvalue weighted by atomic mass is 9.89. The molecule has 0 aromatic heterocycles. The highest BCUT2D eigenvalue weighted by Gasteiger charge is 2.47. The first-order chi connectivity index (χ1) is 11.8. The van der Waals surface area contributed by atoms with Crippen LogP contribution in [-0.4, -0.2) is 31.8 Å². The van der Waals surface area contributed by atoms with Crippen molar-refractivity contribution in [1.29, 1.82) is 0 Å². The lowest BCUT2D eigenvalue weighted by Crippen LogP contribution is -2.36. The molecule has 2 aromatic carbocycles. The van der Waals surface area contributed by atoms with Crippen molar-refractivity contribution < 1.29 is 23.8 Å². The van der Waals surface area contributed by atoms with Gasteiger partial charge in [0.25, 0.3) is 0 Å². The van der Waals surface area contributed by atoms with Crippen LogP contribution in [-0.2, 0) is 19.1 Å². The van der Waals surface area contributed by atoms with Crippen LogP contribution in [0.25, 0.3) is 10.8 Å². The number of hydrogen-bond donors (Lipinski definition) is 0. The summed E-state index contributed by atoms with van der Waals surface area (Å²) in [5, 5.41) is 2.04. The Balaban J connectivity index is 1.80. The standard InChI is InChI=1S/C20H22O5/c1-12(18(21)25-17-19(22)24-11-20(17,2)3)13-5-6-15-10-16(23-4)8-7-14(15)9-13/h5-10,12,17H,11H2,1-4H3/t12-,17+/m1/s1. The van der Waals surface area contributed by atoms with Crippen molar-refractivity contribution in [2.45, 2.75) is 32.8 Å². The maximum absolute atomic E-state index is 12.5. The molecule has 0 spiro atoms. The van der Waals surface area contributed by atoms with E-state index in [-0.39, 0.29) is 6.61 Å². The van der Waals surface area contributed by atoms with Gasteiger partial charge in [0.1, 0.15) is 12.4 Å². The molecule has 2 aromatic rings. The third kappa shape index (κ3) is 3.31. The number of esters is 2. The second kappa shape index (κ2) is 6.39. The predicted molar refractivity (Wildman–Crippen MR) is 93.5 cm³/mol. The summed E-state index contributed by atoms with van der Waals surface area (Å²) < 4.78 is 15.7. The van der Waals surface area contributed by atoms with Crippen molar-refractivity contribution in [2.75, 3.05) is 13.7 Å². The quantitative estimate of drug-likeness (QED) is 0.797. The number of rotatable bonds is 4. The largest absolute Gasteiger partial charge is 0.497 e. The van der Waals surface area contributed by atoms with Gasteiger partial charge in [0, 0.05) is 5.41 Å². The van der Waals surface area contributed by atoms with E-state index >= 15 is 0 Å². The summed E-state index contributed by atoms with van der Waals surface area (Å²) in [6.07, 6.45) is -0.854. The van der Waals surface area contributed by atoms with Gasteiger partial charge in [-0.1, -0.05) is 38.1 Å². The Morgan fingerprint density at radius 3 is 2.52 bits per heavy atom. The number of carbonyl (C=O) groups is 2. The van der Waals surface area contributed by atoms with Crippen molar-refractivity contribution in [3.63, 3.8) is 0 Å². The van der Waals surface area contributed by atoms with Gasteiger partial charge in [-0.25, -0.2) is 4.79 Å². The third-order valence-electron chi connectivity index (χ3n) is 4.67. The molecule has 0 radical (unpaired) electrons. The molecule has 25 heavy (non-hydrogen) atoms. The van der Waals surface area contributed by atoms with E-state index < -0.39 is 29.4 Å². The van der Waals surface area contributed by atoms with E-state index in [2.05, 4.69) is 0 Å². The first-order valence-electron chi connectivity index (χ1n) is 8.26. The Labute approximate surface area is 146 Å². The molecule has 132 valence electrons. The average molecular weight is 342 g/mol. The van der Waals surface area contributed by atoms with Crippen molar-refractivity contribution in [1.82, 2.24) is 0 Å². The SMILES string of the molecule is COc1ccc2cc([C@@H](C)C(=O)O[C@H]3C(=O)OCC3(C)C)ccc2c1. The maximum Gasteiger partial charge on any atom is 0.348 e. The van der Waals surface area contributed by atoms with Crippen LogP contribution in [0.3, 0.4) is 0 Å². The second-order valence-corrected chi connectivity index (χ2v) is 7.11. The van der Waals surface area contributed by atoms with Gasteiger partial charge in [-0.05, 0) is 35.4 Å². The van der Waals surface area contributed by atoms with Crippen LogP contribution >= 0.6 is 0 Å². The first kappa shape index (κ1) is 17.3. The van der Waals surface area contributed by atoms with Crippen LogP contribution in [0.5, 0.6) is 5.75 Å². The average Bonchev–Trinajstić information content (AvgIpc) is 2.86. The van der Waals surface area contributed by atoms with Gasteiger partial charge in [-0.2, -0.15) is 0 Å². The highest BCUT2D eigenvalue weighted by molar-refractivity contribution is 5.88. The van der Waals surface area contributed by atoms with Crippen LogP contribution in [0.1, 0.15) is 32.3 Å². The Morgan fingerprint density at radius 1 is 1.20 bits per heavy atom. The molecule has 1 aliphatic rings. The maximum atomic E-state index is 12.5. The normalized spacial score (nSPS) is 20.2. The van der Waals surface area contributed by atoms with E-state index in [0.29, 0.717) is 0 Å². The van der Waals surface area contributed by atoms with E-state index in [4.69, 9.17) is 14.2 Å². The van der Waals surface area contributed by atoms with E-state index in [1.165, 1.54) is 0 Å². The fraction of sp³-hybridized carbons (Fsp3) is 0.400. The van der Waals surface area contributed by atoms with Gasteiger partial charge in [0.15, 0.2) is 0 Å². The number of carbonyl (C=O) groups excluding carboxylic acids is 2. The Bertz CT molecular complexity index is 824. The number of ether oxygens (including phenoxy) is 3. The zero-order valence-electron chi connectivity index (χ0n) is 14.9. The Morgan fingerprint density at radius 2 is 1.88 bits per heavy atom. The molecule has 0 amide bonds. The summed E-state index contributed by atoms with van der Waals surface area (Å²) in [6, 6.07) is 11.6. The van der Waals surface area contributed by atoms with Crippen LogP contribution in [0.15, 0.2) is 36.4 Å². The smallest absolute Gasteiger partial charge is 0.348 e. The topological polar surface area (TPSA) is 61.8 Å². The zero-order chi connectivity index (χ0) is 18.2. The molecule has 5 nitrogen and oxygen atoms in total. The molecular weight excluding hydrogens is 320 g/mol. The molecule has 1 heterocycles. The Kier molecular flexibility index (Phi) is 4.41. The summed E-state index contributed by atoms with van der Waals surface area (Å²) in [5.41, 5.74) is 0.332. The molecule has 1 aliphatic heterocycles. The molecule has 0 N–H and O–H groups in total. The second-order valence-electron chi connectivity index (χ2n) is 7.11. The zero-order valence-corrected chi connectivity index (χ0v) is 14.9. The summed E-state index contributed by atoms with van der Waals surface area (Å²) >= 11 is 0. The molecule has 2 atom stereocenters. The van der Waals surface area contributed by atoms with Crippen molar-refractivity contribution in [2.24, 2.45) is 5.41 Å². The molecule has 5 heteroatoms. The van der Waals surface area contributed by atoms with Crippen molar-refractivity contribution >= 4 is 22.7 Å². The molecule has 1 fully saturated rings. The fourth-order valence-electron chi connectivity index (χ4n) is 2.93. The lowest BCUT2D eigenvalue weighted by Gasteiger charge is -2.23. The third-order valence-corrected chi connectivity index (χ3v) is 4.67. The van der Waals surface area contributed by atoms with E-state index in [9.17, 15) is 9.59 Å². The molecule has 0 bridgehead atoms. The van der Waals surface area contributed by atoms with Crippen LogP contribution in [0, 0.1) is 5.41 Å². The van der Waals surface area contributed by atoms with Gasteiger partial charge >= 0.3 is 11.9 Å². The first-order valence-corrected chi connectivity index (χ1v) is 8.26. The minimum atomic E-state index is -0.854. The molecular formula is C20H22O5. The predicted octanol–water partition coefficient (Wildman–Crippen LogP) is 3.45. The number of methoxy groups -OCH3 is 1. The summed E-state index contributed by atoms with van der Waals surface area (Å²) in [7, 11) is 1.63. The van der Waals surface area contributed by atoms with Gasteiger partial charge in [0.05, 0.1) is 13.0 Å². The van der Waals surface area contributed by atoms with E-state index in [0.717, 1.165) is 22.1 Å². The molecule has 3 rings (SSSR count). The fourth-order valence-corrected chi connectivity index (χ4v) is 2.93. The van der Waals surface area contributed by atoms with Gasteiger partial charge in [-0.3, -0.25) is 4.79 Å². The number of hydrogen-bond acceptors (Lipinski definition) is 5. The summed E-state index contributed by atoms with van der Waals surface area (Å²) in [6.45, 7) is 5.74. The minimum absolute atomic E-state index is 0.260. The van der Waals surface area contributed by atoms with E-state index in [1.54, 1.807) is 14.0 Å². The summed E-state index contributed by atoms with van der Waals surface area (Å²) in [5.74, 6) is -0.591. The highest BCUT2D eigenvalue weighted by Crippen LogP contribution is 2.33. The lowest BCUT2D eigenvalue weighted by molar-refractivity contribution is -0.164. The number of fused-ring (bicyclic) bond motifs is 1. The molecule has 0 saturated carbocycles. The number of benzene rings is 2. The molecule has 0 unspecified atom stereocenters. The van der Waals surface area contributed by atoms with E-state index in [1.807, 2.05) is 50.2 Å². The van der Waals surface area contributed by atoms with Gasteiger partial charge < -0.3 is 14.2 Å². The van der Waals surface area contributed by atoms with Crippen LogP contribution < -0.4 is 4.74 Å². The van der Waals surface area contributed by atoms with Crippen LogP contribution in [0.4, 0.5) is 0 Å². The molecule has 1 saturated heterocycles. The highest BCUT2D eigenvalue weighted by atomic mass is 16.6. The minimum Gasteiger partial charge on any atom is -0.497 e. The molecule has 0 aliphatic carbocycles. The Hall–Kier alpha value is -2.56. The van der Waals surface area contributed by atoms with Crippen LogP contribution in [0.2, 0.25) is 0 Å². The van der Waals surface area contributed by atoms with Gasteiger partial charge in [-0.15, -0.1) is 0 Å². The monoisotopic (exact) mass is 342 g/mol. The number of cyclic esters (lactones) is 1. The van der Waals surface area contributed by atoms with Crippen molar-refractivity contribution in [3.8, 4) is 5.75 Å². The summed E-state index contributed by atoms with van der Waals surface area (Å²) in [4.78, 5) is 24.3. The van der Waals surface area contributed by atoms with Crippen molar-refractivity contribution in [3.05, 3.63) is 42.0 Å². The van der Waals surface area contributed by atoms with Gasteiger partial charge in [0.2, 0.25) is 6.10 Å².